The van der Waals surface area contributed by atoms with Gasteiger partial charge in [0.2, 0.25) is 0 Å². The van der Waals surface area contributed by atoms with Crippen LogP contribution in [-0.2, 0) is 9.57 Å². The fourth-order valence-corrected chi connectivity index (χ4v) is 0.878. The van der Waals surface area contributed by atoms with E-state index in [1.807, 2.05) is 0 Å². The average Bonchev–Trinajstić information content (AvgIpc) is 2.27. The number of hydrogen-bond acceptors (Lipinski definition) is 5. The maximum Gasteiger partial charge on any atom is 0.433 e. The van der Waals surface area contributed by atoms with Crippen LogP contribution in [0.25, 0.3) is 0 Å². The van der Waals surface area contributed by atoms with Crippen LogP contribution in [-0.4, -0.2) is 38.1 Å². The highest BCUT2D eigenvalue weighted by molar-refractivity contribution is 5.70. The van der Waals surface area contributed by atoms with Gasteiger partial charge >= 0.3 is 12.2 Å². The molecule has 7 nitrogen and oxygen atoms in total. The van der Waals surface area contributed by atoms with E-state index < -0.39 is 17.6 Å². The van der Waals surface area contributed by atoms with Crippen molar-refractivity contribution in [2.45, 2.75) is 27.7 Å². The Hall–Kier alpha value is -1.79. The average molecular weight is 259 g/mol. The number of ether oxygens (including phenoxy) is 1. The van der Waals surface area contributed by atoms with Crippen molar-refractivity contribution in [3.63, 3.8) is 0 Å². The first-order valence-electron chi connectivity index (χ1n) is 5.81. The second-order valence-electron chi connectivity index (χ2n) is 4.24. The lowest BCUT2D eigenvalue weighted by molar-refractivity contribution is 0.119. The molecule has 0 atom stereocenters. The van der Waals surface area contributed by atoms with Crippen LogP contribution in [0.5, 0.6) is 0 Å². The summed E-state index contributed by atoms with van der Waals surface area (Å²) in [5.41, 5.74) is -0.516. The molecule has 0 aliphatic carbocycles. The normalized spacial score (nSPS) is 11.1. The Balaban J connectivity index is 4.02. The Kier molecular flexibility index (Phi) is 7.50. The molecular formula is C11H21N3O4. The molecule has 0 aromatic heterocycles. The van der Waals surface area contributed by atoms with E-state index in [4.69, 9.17) is 4.74 Å². The summed E-state index contributed by atoms with van der Waals surface area (Å²) >= 11 is 0. The van der Waals surface area contributed by atoms with Gasteiger partial charge in [-0.2, -0.15) is 0 Å². The molecule has 0 spiro atoms. The molecule has 0 fully saturated rings. The Morgan fingerprint density at radius 3 is 2.28 bits per heavy atom. The molecule has 0 unspecified atom stereocenters. The van der Waals surface area contributed by atoms with Gasteiger partial charge in [-0.1, -0.05) is 19.0 Å². The first-order valence-corrected chi connectivity index (χ1v) is 5.81. The van der Waals surface area contributed by atoms with Crippen LogP contribution >= 0.6 is 0 Å². The first-order chi connectivity index (χ1) is 8.41. The van der Waals surface area contributed by atoms with Gasteiger partial charge < -0.3 is 15.4 Å². The van der Waals surface area contributed by atoms with Gasteiger partial charge in [0.15, 0.2) is 0 Å². The largest absolute Gasteiger partial charge is 0.449 e. The van der Waals surface area contributed by atoms with Gasteiger partial charge in [-0.15, -0.1) is 0 Å². The van der Waals surface area contributed by atoms with Crippen molar-refractivity contribution in [3.8, 4) is 0 Å². The summed E-state index contributed by atoms with van der Waals surface area (Å²) in [5, 5.41) is 8.47. The Labute approximate surface area is 107 Å². The van der Waals surface area contributed by atoms with Gasteiger partial charge in [0.05, 0.1) is 6.21 Å². The van der Waals surface area contributed by atoms with E-state index >= 15 is 0 Å². The van der Waals surface area contributed by atoms with E-state index in [0.29, 0.717) is 13.1 Å². The topological polar surface area (TPSA) is 89.0 Å². The van der Waals surface area contributed by atoms with Crippen molar-refractivity contribution in [3.05, 3.63) is 0 Å². The van der Waals surface area contributed by atoms with E-state index in [-0.39, 0.29) is 6.61 Å². The molecule has 18 heavy (non-hydrogen) atoms. The number of hydrogen-bond donors (Lipinski definition) is 2. The smallest absolute Gasteiger partial charge is 0.433 e. The lowest BCUT2D eigenvalue weighted by Crippen LogP contribution is -2.30. The summed E-state index contributed by atoms with van der Waals surface area (Å²) in [4.78, 5) is 26.6. The standard InChI is InChI=1S/C11H21N3O4/c1-5-12-9(15)17-8-11(3,4)7-14-18-10(16)13-6-2/h7H,5-6,8H2,1-4H3,(H,12,15)(H,13,16). The second kappa shape index (κ2) is 8.32. The second-order valence-corrected chi connectivity index (χ2v) is 4.24. The van der Waals surface area contributed by atoms with Crippen molar-refractivity contribution >= 4 is 18.4 Å². The van der Waals surface area contributed by atoms with Crippen LogP contribution in [0.15, 0.2) is 5.16 Å². The van der Waals surface area contributed by atoms with E-state index in [1.54, 1.807) is 27.7 Å². The molecule has 0 aromatic carbocycles. The molecule has 0 aliphatic rings. The molecule has 0 rings (SSSR count). The van der Waals surface area contributed by atoms with Crippen molar-refractivity contribution in [2.75, 3.05) is 19.7 Å². The molecule has 0 bridgehead atoms. The Morgan fingerprint density at radius 2 is 1.72 bits per heavy atom. The van der Waals surface area contributed by atoms with Crippen LogP contribution in [0.2, 0.25) is 0 Å². The maximum absolute atomic E-state index is 11.1. The van der Waals surface area contributed by atoms with Gasteiger partial charge in [0.1, 0.15) is 6.61 Å². The SMILES string of the molecule is CCNC(=O)OCC(C)(C)C=NOC(=O)NCC. The van der Waals surface area contributed by atoms with Crippen LogP contribution in [0.1, 0.15) is 27.7 Å². The minimum absolute atomic E-state index is 0.140. The third kappa shape index (κ3) is 8.37. The van der Waals surface area contributed by atoms with Gasteiger partial charge in [-0.25, -0.2) is 9.59 Å². The molecule has 104 valence electrons. The van der Waals surface area contributed by atoms with E-state index in [0.717, 1.165) is 0 Å². The number of oxime groups is 1. The zero-order chi connectivity index (χ0) is 14.0. The minimum Gasteiger partial charge on any atom is -0.449 e. The predicted molar refractivity (Wildman–Crippen MR) is 67.5 cm³/mol. The highest BCUT2D eigenvalue weighted by Crippen LogP contribution is 2.12. The zero-order valence-electron chi connectivity index (χ0n) is 11.3. The Bertz CT molecular complexity index is 303. The quantitative estimate of drug-likeness (QED) is 0.429. The first kappa shape index (κ1) is 16.2. The van der Waals surface area contributed by atoms with Gasteiger partial charge in [-0.3, -0.25) is 4.84 Å². The molecular weight excluding hydrogens is 238 g/mol. The molecule has 0 saturated heterocycles. The predicted octanol–water partition coefficient (Wildman–Crippen LogP) is 1.49. The van der Waals surface area contributed by atoms with E-state index in [9.17, 15) is 9.59 Å². The third-order valence-corrected chi connectivity index (χ3v) is 1.76. The molecule has 2 N–H and O–H groups in total. The van der Waals surface area contributed by atoms with Crippen molar-refractivity contribution in [1.29, 1.82) is 0 Å². The number of amides is 2. The number of alkyl carbamates (subject to hydrolysis) is 1. The molecule has 7 heteroatoms. The van der Waals surface area contributed by atoms with Crippen LogP contribution in [0.4, 0.5) is 9.59 Å². The number of nitrogens with zero attached hydrogens (tertiary/aromatic N) is 1. The summed E-state index contributed by atoms with van der Waals surface area (Å²) in [6.45, 7) is 8.30. The van der Waals surface area contributed by atoms with Crippen LogP contribution < -0.4 is 10.6 Å². The summed E-state index contributed by atoms with van der Waals surface area (Å²) in [6, 6.07) is 0. The van der Waals surface area contributed by atoms with Gasteiger partial charge in [0, 0.05) is 18.5 Å². The molecule has 0 saturated carbocycles. The summed E-state index contributed by atoms with van der Waals surface area (Å²) in [7, 11) is 0. The minimum atomic E-state index is -0.616. The third-order valence-electron chi connectivity index (χ3n) is 1.76. The van der Waals surface area contributed by atoms with Crippen LogP contribution in [0, 0.1) is 5.41 Å². The van der Waals surface area contributed by atoms with Gasteiger partial charge in [-0.05, 0) is 13.8 Å². The fraction of sp³-hybridized carbons (Fsp3) is 0.727. The maximum atomic E-state index is 11.1. The number of carbonyl (C=O) groups is 2. The highest BCUT2D eigenvalue weighted by atomic mass is 16.7. The molecule has 2 amide bonds. The number of nitrogens with one attached hydrogen (secondary N) is 2. The highest BCUT2D eigenvalue weighted by Gasteiger charge is 2.18. The van der Waals surface area contributed by atoms with Crippen molar-refractivity contribution in [2.24, 2.45) is 10.6 Å². The van der Waals surface area contributed by atoms with E-state index in [2.05, 4.69) is 20.6 Å². The summed E-state index contributed by atoms with van der Waals surface area (Å²) < 4.78 is 4.95. The van der Waals surface area contributed by atoms with Crippen molar-refractivity contribution in [1.82, 2.24) is 10.6 Å². The monoisotopic (exact) mass is 259 g/mol. The summed E-state index contributed by atoms with van der Waals surface area (Å²) in [6.07, 6.45) is 0.319. The van der Waals surface area contributed by atoms with Gasteiger partial charge in [0.25, 0.3) is 0 Å². The lowest BCUT2D eigenvalue weighted by atomic mass is 9.97. The van der Waals surface area contributed by atoms with Crippen molar-refractivity contribution < 1.29 is 19.2 Å². The summed E-state index contributed by atoms with van der Waals surface area (Å²) in [5.74, 6) is 0. The Morgan fingerprint density at radius 1 is 1.17 bits per heavy atom. The van der Waals surface area contributed by atoms with Crippen LogP contribution in [0.3, 0.4) is 0 Å². The molecule has 0 radical (unpaired) electrons. The number of carbonyl (C=O) groups excluding carboxylic acids is 2. The lowest BCUT2D eigenvalue weighted by Gasteiger charge is -2.18. The molecule has 0 aliphatic heterocycles. The molecule has 0 heterocycles. The molecule has 0 aromatic rings. The fourth-order valence-electron chi connectivity index (χ4n) is 0.878. The zero-order valence-corrected chi connectivity index (χ0v) is 11.3. The van der Waals surface area contributed by atoms with E-state index in [1.165, 1.54) is 6.21 Å². The number of rotatable bonds is 6.